The molecule has 0 aromatic carbocycles. The Kier molecular flexibility index (Phi) is 2.74. The van der Waals surface area contributed by atoms with E-state index >= 15 is 0 Å². The Morgan fingerprint density at radius 2 is 2.06 bits per heavy atom. The van der Waals surface area contributed by atoms with Gasteiger partial charge in [-0.2, -0.15) is 5.10 Å². The van der Waals surface area contributed by atoms with Gasteiger partial charge in [0.05, 0.1) is 5.69 Å². The first-order chi connectivity index (χ1) is 7.93. The normalized spacial score (nSPS) is 21.9. The zero-order chi connectivity index (χ0) is 10.8. The van der Waals surface area contributed by atoms with Crippen LogP contribution in [0.5, 0.6) is 0 Å². The van der Waals surface area contributed by atoms with Crippen LogP contribution in [0.1, 0.15) is 30.9 Å². The second kappa shape index (κ2) is 4.37. The van der Waals surface area contributed by atoms with Crippen LogP contribution in [0.3, 0.4) is 0 Å². The van der Waals surface area contributed by atoms with Gasteiger partial charge in [-0.15, -0.1) is 5.10 Å². The summed E-state index contributed by atoms with van der Waals surface area (Å²) < 4.78 is 0. The number of aromatic nitrogens is 2. The van der Waals surface area contributed by atoms with E-state index in [2.05, 4.69) is 32.5 Å². The zero-order valence-corrected chi connectivity index (χ0v) is 9.52. The third-order valence-electron chi connectivity index (χ3n) is 3.33. The Morgan fingerprint density at radius 3 is 2.81 bits per heavy atom. The van der Waals surface area contributed by atoms with Crippen molar-refractivity contribution in [3.63, 3.8) is 0 Å². The molecule has 0 unspecified atom stereocenters. The minimum Gasteiger partial charge on any atom is -0.354 e. The lowest BCUT2D eigenvalue weighted by Gasteiger charge is -2.20. The molecule has 2 heterocycles. The molecule has 4 nitrogen and oxygen atoms in total. The van der Waals surface area contributed by atoms with Gasteiger partial charge in [0.15, 0.2) is 5.82 Å². The minimum absolute atomic E-state index is 0.701. The van der Waals surface area contributed by atoms with Gasteiger partial charge >= 0.3 is 0 Å². The number of hydrogen-bond acceptors (Lipinski definition) is 4. The molecule has 4 heteroatoms. The summed E-state index contributed by atoms with van der Waals surface area (Å²) in [5.41, 5.74) is 1.18. The van der Waals surface area contributed by atoms with Crippen molar-refractivity contribution in [3.8, 4) is 0 Å². The number of hydrogen-bond donors (Lipinski definition) is 1. The van der Waals surface area contributed by atoms with Crippen LogP contribution in [-0.2, 0) is 0 Å². The summed E-state index contributed by atoms with van der Waals surface area (Å²) in [4.78, 5) is 2.32. The SMILES string of the molecule is c1cc(N2CCCNCC2)nnc1C1CC1. The standard InChI is InChI=1S/C12H18N4/c1-6-13-7-9-16(8-1)12-5-4-11(14-15-12)10-2-3-10/h4-5,10,13H,1-3,6-9H2. The molecule has 0 radical (unpaired) electrons. The van der Waals surface area contributed by atoms with E-state index in [4.69, 9.17) is 0 Å². The van der Waals surface area contributed by atoms with E-state index in [1.807, 2.05) is 0 Å². The lowest BCUT2D eigenvalue weighted by atomic mass is 10.3. The van der Waals surface area contributed by atoms with E-state index in [9.17, 15) is 0 Å². The van der Waals surface area contributed by atoms with Gasteiger partial charge in [0.1, 0.15) is 0 Å². The summed E-state index contributed by atoms with van der Waals surface area (Å²) in [5.74, 6) is 1.74. The molecule has 1 saturated carbocycles. The van der Waals surface area contributed by atoms with Crippen molar-refractivity contribution in [2.75, 3.05) is 31.1 Å². The fraction of sp³-hybridized carbons (Fsp3) is 0.667. The van der Waals surface area contributed by atoms with E-state index in [0.717, 1.165) is 32.0 Å². The van der Waals surface area contributed by atoms with Gasteiger partial charge in [0.2, 0.25) is 0 Å². The van der Waals surface area contributed by atoms with Gasteiger partial charge in [-0.25, -0.2) is 0 Å². The highest BCUT2D eigenvalue weighted by molar-refractivity contribution is 5.38. The van der Waals surface area contributed by atoms with Gasteiger partial charge < -0.3 is 10.2 Å². The summed E-state index contributed by atoms with van der Waals surface area (Å²) in [7, 11) is 0. The summed E-state index contributed by atoms with van der Waals surface area (Å²) in [6, 6.07) is 4.28. The van der Waals surface area contributed by atoms with E-state index < -0.39 is 0 Å². The number of anilines is 1. The maximum atomic E-state index is 4.35. The third-order valence-corrected chi connectivity index (χ3v) is 3.33. The van der Waals surface area contributed by atoms with Gasteiger partial charge in [-0.3, -0.25) is 0 Å². The van der Waals surface area contributed by atoms with Crippen molar-refractivity contribution in [3.05, 3.63) is 17.8 Å². The molecular formula is C12H18N4. The molecule has 1 aliphatic heterocycles. The highest BCUT2D eigenvalue weighted by atomic mass is 15.3. The van der Waals surface area contributed by atoms with Gasteiger partial charge in [0, 0.05) is 25.6 Å². The first kappa shape index (κ1) is 10.0. The molecule has 3 rings (SSSR count). The van der Waals surface area contributed by atoms with Gasteiger partial charge in [0.25, 0.3) is 0 Å². The molecule has 1 saturated heterocycles. The molecule has 16 heavy (non-hydrogen) atoms. The molecule has 1 aliphatic carbocycles. The van der Waals surface area contributed by atoms with Crippen LogP contribution < -0.4 is 10.2 Å². The Bertz CT molecular complexity index is 337. The van der Waals surface area contributed by atoms with Crippen molar-refractivity contribution in [2.24, 2.45) is 0 Å². The average Bonchev–Trinajstić information content (AvgIpc) is 3.17. The first-order valence-electron chi connectivity index (χ1n) is 6.23. The van der Waals surface area contributed by atoms with Gasteiger partial charge in [-0.05, 0) is 37.9 Å². The highest BCUT2D eigenvalue weighted by Crippen LogP contribution is 2.38. The van der Waals surface area contributed by atoms with Gasteiger partial charge in [-0.1, -0.05) is 0 Å². The average molecular weight is 218 g/mol. The fourth-order valence-corrected chi connectivity index (χ4v) is 2.18. The van der Waals surface area contributed by atoms with Crippen molar-refractivity contribution < 1.29 is 0 Å². The quantitative estimate of drug-likeness (QED) is 0.808. The van der Waals surface area contributed by atoms with Crippen molar-refractivity contribution >= 4 is 5.82 Å². The summed E-state index contributed by atoms with van der Waals surface area (Å²) in [6.07, 6.45) is 3.77. The summed E-state index contributed by atoms with van der Waals surface area (Å²) in [5, 5.41) is 12.1. The third kappa shape index (κ3) is 2.16. The predicted octanol–water partition coefficient (Wildman–Crippen LogP) is 1.15. The van der Waals surface area contributed by atoms with Crippen molar-refractivity contribution in [1.82, 2.24) is 15.5 Å². The molecular weight excluding hydrogens is 200 g/mol. The summed E-state index contributed by atoms with van der Waals surface area (Å²) >= 11 is 0. The molecule has 0 spiro atoms. The Balaban J connectivity index is 1.71. The lowest BCUT2D eigenvalue weighted by molar-refractivity contribution is 0.724. The van der Waals surface area contributed by atoms with Crippen LogP contribution in [0.4, 0.5) is 5.82 Å². The van der Waals surface area contributed by atoms with E-state index in [-0.39, 0.29) is 0 Å². The molecule has 0 bridgehead atoms. The maximum absolute atomic E-state index is 4.35. The van der Waals surface area contributed by atoms with Crippen molar-refractivity contribution in [1.29, 1.82) is 0 Å². The first-order valence-corrected chi connectivity index (χ1v) is 6.23. The molecule has 0 atom stereocenters. The fourth-order valence-electron chi connectivity index (χ4n) is 2.18. The monoisotopic (exact) mass is 218 g/mol. The Morgan fingerprint density at radius 1 is 1.12 bits per heavy atom. The molecule has 1 aromatic heterocycles. The van der Waals surface area contributed by atoms with Crippen LogP contribution in [0.2, 0.25) is 0 Å². The molecule has 0 amide bonds. The van der Waals surface area contributed by atoms with Crippen LogP contribution in [0, 0.1) is 0 Å². The lowest BCUT2D eigenvalue weighted by Crippen LogP contribution is -2.28. The van der Waals surface area contributed by atoms with Crippen molar-refractivity contribution in [2.45, 2.75) is 25.2 Å². The number of nitrogens with one attached hydrogen (secondary N) is 1. The molecule has 86 valence electrons. The number of nitrogens with zero attached hydrogens (tertiary/aromatic N) is 3. The van der Waals surface area contributed by atoms with Crippen LogP contribution in [0.25, 0.3) is 0 Å². The summed E-state index contributed by atoms with van der Waals surface area (Å²) in [6.45, 7) is 4.29. The second-order valence-corrected chi connectivity index (χ2v) is 4.68. The molecule has 1 N–H and O–H groups in total. The molecule has 1 aromatic rings. The van der Waals surface area contributed by atoms with Crippen LogP contribution in [0.15, 0.2) is 12.1 Å². The Hall–Kier alpha value is -1.16. The Labute approximate surface area is 96.1 Å². The number of rotatable bonds is 2. The topological polar surface area (TPSA) is 41.0 Å². The molecule has 2 fully saturated rings. The predicted molar refractivity (Wildman–Crippen MR) is 63.7 cm³/mol. The van der Waals surface area contributed by atoms with Crippen LogP contribution >= 0.6 is 0 Å². The van der Waals surface area contributed by atoms with E-state index in [1.54, 1.807) is 0 Å². The minimum atomic E-state index is 0.701. The second-order valence-electron chi connectivity index (χ2n) is 4.68. The van der Waals surface area contributed by atoms with E-state index in [0.29, 0.717) is 5.92 Å². The molecule has 2 aliphatic rings. The van der Waals surface area contributed by atoms with Crippen LogP contribution in [-0.4, -0.2) is 36.4 Å². The highest BCUT2D eigenvalue weighted by Gasteiger charge is 2.25. The smallest absolute Gasteiger partial charge is 0.151 e. The largest absolute Gasteiger partial charge is 0.354 e. The van der Waals surface area contributed by atoms with E-state index in [1.165, 1.54) is 25.0 Å². The zero-order valence-electron chi connectivity index (χ0n) is 9.52. The maximum Gasteiger partial charge on any atom is 0.151 e.